The second kappa shape index (κ2) is 6.96. The summed E-state index contributed by atoms with van der Waals surface area (Å²) in [6, 6.07) is -2.07. The number of nitrogens with one attached hydrogen (secondary N) is 1. The standard InChI is InChI=1S/C16H28N2O6/c1-15(2,3)11(17-14(23)24-16(4,5)6)12(20)18-8-9(19)7-10(18)13(21)22/h9-11,19H,7-8H2,1-6H3,(H,17,23)(H,21,22)/t9-,10?,11-/m1/s1. The van der Waals surface area contributed by atoms with Crippen molar-refractivity contribution in [2.45, 2.75) is 71.8 Å². The van der Waals surface area contributed by atoms with E-state index >= 15 is 0 Å². The van der Waals surface area contributed by atoms with Gasteiger partial charge in [0.25, 0.3) is 0 Å². The number of alkyl carbamates (subject to hydrolysis) is 1. The third-order valence-electron chi connectivity index (χ3n) is 3.62. The van der Waals surface area contributed by atoms with Gasteiger partial charge in [-0.1, -0.05) is 20.8 Å². The lowest BCUT2D eigenvalue weighted by Gasteiger charge is -2.35. The fraction of sp³-hybridized carbons (Fsp3) is 0.812. The Kier molecular flexibility index (Phi) is 5.86. The van der Waals surface area contributed by atoms with Gasteiger partial charge in [-0.05, 0) is 26.2 Å². The van der Waals surface area contributed by atoms with Gasteiger partial charge in [0.2, 0.25) is 5.91 Å². The van der Waals surface area contributed by atoms with E-state index in [1.807, 2.05) is 0 Å². The number of ether oxygens (including phenoxy) is 1. The summed E-state index contributed by atoms with van der Waals surface area (Å²) in [5.41, 5.74) is -1.38. The summed E-state index contributed by atoms with van der Waals surface area (Å²) in [7, 11) is 0. The quantitative estimate of drug-likeness (QED) is 0.702. The van der Waals surface area contributed by atoms with Crippen LogP contribution in [0.25, 0.3) is 0 Å². The summed E-state index contributed by atoms with van der Waals surface area (Å²) in [5, 5.41) is 21.5. The predicted octanol–water partition coefficient (Wildman–Crippen LogP) is 0.972. The van der Waals surface area contributed by atoms with Gasteiger partial charge in [-0.15, -0.1) is 0 Å². The van der Waals surface area contributed by atoms with Gasteiger partial charge in [-0.3, -0.25) is 4.79 Å². The molecule has 1 aliphatic heterocycles. The molecule has 1 saturated heterocycles. The molecule has 3 N–H and O–H groups in total. The van der Waals surface area contributed by atoms with Gasteiger partial charge in [-0.2, -0.15) is 0 Å². The number of carbonyl (C=O) groups excluding carboxylic acids is 2. The summed E-state index contributed by atoms with van der Waals surface area (Å²) < 4.78 is 5.19. The zero-order valence-electron chi connectivity index (χ0n) is 15.1. The number of nitrogens with zero attached hydrogens (tertiary/aromatic N) is 1. The topological polar surface area (TPSA) is 116 Å². The van der Waals surface area contributed by atoms with E-state index < -0.39 is 47.2 Å². The molecular formula is C16H28N2O6. The third kappa shape index (κ3) is 5.36. The molecule has 2 amide bonds. The average molecular weight is 344 g/mol. The number of carboxylic acid groups (broad SMARTS) is 1. The molecule has 0 aromatic heterocycles. The summed E-state index contributed by atoms with van der Waals surface area (Å²) in [4.78, 5) is 37.3. The van der Waals surface area contributed by atoms with Gasteiger partial charge in [-0.25, -0.2) is 9.59 Å². The number of amides is 2. The Balaban J connectivity index is 2.98. The number of aliphatic hydroxyl groups is 1. The Morgan fingerprint density at radius 3 is 2.12 bits per heavy atom. The van der Waals surface area contributed by atoms with Crippen molar-refractivity contribution in [2.24, 2.45) is 5.41 Å². The number of carboxylic acids is 1. The van der Waals surface area contributed by atoms with E-state index in [1.165, 1.54) is 0 Å². The molecule has 0 aliphatic carbocycles. The van der Waals surface area contributed by atoms with Crippen molar-refractivity contribution in [3.05, 3.63) is 0 Å². The van der Waals surface area contributed by atoms with Crippen LogP contribution in [0.3, 0.4) is 0 Å². The Bertz CT molecular complexity index is 506. The second-order valence-corrected chi connectivity index (χ2v) is 8.18. The number of likely N-dealkylation sites (tertiary alicyclic amines) is 1. The maximum absolute atomic E-state index is 12.8. The number of β-amino-alcohol motifs (C(OH)–C–C–N with tert-alkyl or cyclic N) is 1. The molecule has 1 rings (SSSR count). The smallest absolute Gasteiger partial charge is 0.408 e. The van der Waals surface area contributed by atoms with Crippen molar-refractivity contribution < 1.29 is 29.3 Å². The van der Waals surface area contributed by atoms with E-state index in [4.69, 9.17) is 4.74 Å². The van der Waals surface area contributed by atoms with Crippen LogP contribution >= 0.6 is 0 Å². The van der Waals surface area contributed by atoms with Gasteiger partial charge in [0, 0.05) is 13.0 Å². The number of hydrogen-bond acceptors (Lipinski definition) is 5. The Morgan fingerprint density at radius 2 is 1.71 bits per heavy atom. The van der Waals surface area contributed by atoms with Crippen molar-refractivity contribution >= 4 is 18.0 Å². The number of carbonyl (C=O) groups is 3. The normalized spacial score (nSPS) is 22.9. The predicted molar refractivity (Wildman–Crippen MR) is 86.4 cm³/mol. The highest BCUT2D eigenvalue weighted by Gasteiger charge is 2.44. The minimum absolute atomic E-state index is 0.0234. The molecule has 1 aliphatic rings. The molecule has 0 aromatic carbocycles. The van der Waals surface area contributed by atoms with E-state index in [0.29, 0.717) is 0 Å². The monoisotopic (exact) mass is 344 g/mol. The van der Waals surface area contributed by atoms with Crippen molar-refractivity contribution in [3.8, 4) is 0 Å². The molecule has 0 bridgehead atoms. The molecule has 0 radical (unpaired) electrons. The summed E-state index contributed by atoms with van der Waals surface area (Å²) in [6.45, 7) is 10.3. The molecule has 24 heavy (non-hydrogen) atoms. The maximum atomic E-state index is 12.8. The molecule has 138 valence electrons. The summed E-state index contributed by atoms with van der Waals surface area (Å²) in [6.07, 6.45) is -1.66. The molecule has 1 heterocycles. The van der Waals surface area contributed by atoms with Crippen LogP contribution in [-0.4, -0.2) is 63.4 Å². The van der Waals surface area contributed by atoms with Crippen LogP contribution < -0.4 is 5.32 Å². The number of aliphatic carboxylic acids is 1. The zero-order valence-corrected chi connectivity index (χ0v) is 15.1. The van der Waals surface area contributed by atoms with Crippen LogP contribution in [0.5, 0.6) is 0 Å². The molecule has 0 saturated carbocycles. The van der Waals surface area contributed by atoms with E-state index in [-0.39, 0.29) is 13.0 Å². The minimum Gasteiger partial charge on any atom is -0.480 e. The van der Waals surface area contributed by atoms with Crippen LogP contribution in [0.1, 0.15) is 48.0 Å². The molecule has 0 aromatic rings. The van der Waals surface area contributed by atoms with E-state index in [9.17, 15) is 24.6 Å². The highest BCUT2D eigenvalue weighted by atomic mass is 16.6. The van der Waals surface area contributed by atoms with Gasteiger partial charge in [0.05, 0.1) is 6.10 Å². The molecule has 0 spiro atoms. The molecule has 8 heteroatoms. The maximum Gasteiger partial charge on any atom is 0.408 e. The van der Waals surface area contributed by atoms with E-state index in [2.05, 4.69) is 5.32 Å². The largest absolute Gasteiger partial charge is 0.480 e. The van der Waals surface area contributed by atoms with E-state index in [1.54, 1.807) is 41.5 Å². The number of hydrogen-bond donors (Lipinski definition) is 3. The Hall–Kier alpha value is -1.83. The summed E-state index contributed by atoms with van der Waals surface area (Å²) >= 11 is 0. The zero-order chi connectivity index (χ0) is 18.9. The van der Waals surface area contributed by atoms with Crippen LogP contribution in [0.2, 0.25) is 0 Å². The fourth-order valence-electron chi connectivity index (χ4n) is 2.53. The lowest BCUT2D eigenvalue weighted by molar-refractivity contribution is -0.150. The number of rotatable bonds is 3. The van der Waals surface area contributed by atoms with Gasteiger partial charge < -0.3 is 25.2 Å². The van der Waals surface area contributed by atoms with Crippen LogP contribution in [0.4, 0.5) is 4.79 Å². The first kappa shape index (κ1) is 20.2. The van der Waals surface area contributed by atoms with Gasteiger partial charge in [0.15, 0.2) is 0 Å². The lowest BCUT2D eigenvalue weighted by atomic mass is 9.85. The minimum atomic E-state index is -1.18. The third-order valence-corrected chi connectivity index (χ3v) is 3.62. The first-order valence-corrected chi connectivity index (χ1v) is 7.93. The summed E-state index contributed by atoms with van der Waals surface area (Å²) in [5.74, 6) is -1.72. The first-order chi connectivity index (χ1) is 10.7. The van der Waals surface area contributed by atoms with Crippen LogP contribution in [0.15, 0.2) is 0 Å². The molecule has 1 fully saturated rings. The van der Waals surface area contributed by atoms with Crippen molar-refractivity contribution in [3.63, 3.8) is 0 Å². The molecule has 1 unspecified atom stereocenters. The van der Waals surface area contributed by atoms with Crippen LogP contribution in [0, 0.1) is 5.41 Å². The van der Waals surface area contributed by atoms with Crippen molar-refractivity contribution in [1.82, 2.24) is 10.2 Å². The number of aliphatic hydroxyl groups excluding tert-OH is 1. The molecular weight excluding hydrogens is 316 g/mol. The first-order valence-electron chi connectivity index (χ1n) is 7.93. The van der Waals surface area contributed by atoms with E-state index in [0.717, 1.165) is 4.90 Å². The second-order valence-electron chi connectivity index (χ2n) is 8.18. The van der Waals surface area contributed by atoms with Gasteiger partial charge in [0.1, 0.15) is 17.7 Å². The fourth-order valence-corrected chi connectivity index (χ4v) is 2.53. The highest BCUT2D eigenvalue weighted by Crippen LogP contribution is 2.26. The van der Waals surface area contributed by atoms with Crippen LogP contribution in [-0.2, 0) is 14.3 Å². The molecule has 8 nitrogen and oxygen atoms in total. The Labute approximate surface area is 142 Å². The Morgan fingerprint density at radius 1 is 1.17 bits per heavy atom. The lowest BCUT2D eigenvalue weighted by Crippen LogP contribution is -2.57. The van der Waals surface area contributed by atoms with Gasteiger partial charge >= 0.3 is 12.1 Å². The van der Waals surface area contributed by atoms with Crippen molar-refractivity contribution in [2.75, 3.05) is 6.54 Å². The highest BCUT2D eigenvalue weighted by molar-refractivity contribution is 5.90. The van der Waals surface area contributed by atoms with Crippen molar-refractivity contribution in [1.29, 1.82) is 0 Å². The average Bonchev–Trinajstić information content (AvgIpc) is 2.74. The molecule has 3 atom stereocenters. The SMILES string of the molecule is CC(C)(C)OC(=O)N[C@H](C(=O)N1C[C@H](O)CC1C(=O)O)C(C)(C)C.